The molecule has 0 radical (unpaired) electrons. The lowest BCUT2D eigenvalue weighted by Crippen LogP contribution is -2.36. The van der Waals surface area contributed by atoms with Crippen molar-refractivity contribution in [3.8, 4) is 23.0 Å². The molecule has 0 spiro atoms. The average Bonchev–Trinajstić information content (AvgIpc) is 3.35. The fraction of sp³-hybridized carbons (Fsp3) is 0.414. The van der Waals surface area contributed by atoms with Crippen LogP contribution in [0.25, 0.3) is 22.6 Å². The summed E-state index contributed by atoms with van der Waals surface area (Å²) in [7, 11) is 0. The molecule has 2 aliphatic rings. The van der Waals surface area contributed by atoms with Crippen LogP contribution < -0.4 is 9.47 Å². The highest BCUT2D eigenvalue weighted by molar-refractivity contribution is 6.33. The number of aromatic nitrogens is 5. The molecule has 10 nitrogen and oxygen atoms in total. The van der Waals surface area contributed by atoms with Crippen LogP contribution in [0, 0.1) is 6.92 Å². The van der Waals surface area contributed by atoms with Crippen molar-refractivity contribution in [1.82, 2.24) is 29.4 Å². The summed E-state index contributed by atoms with van der Waals surface area (Å²) in [4.78, 5) is 32.6. The molecule has 208 valence electrons. The topological polar surface area (TPSA) is 115 Å². The molecule has 3 aromatic heterocycles. The van der Waals surface area contributed by atoms with Crippen molar-refractivity contribution in [2.75, 3.05) is 19.7 Å². The molecule has 2 fully saturated rings. The van der Waals surface area contributed by atoms with Gasteiger partial charge in [0.25, 0.3) is 5.91 Å². The van der Waals surface area contributed by atoms with Gasteiger partial charge in [-0.05, 0) is 75.9 Å². The van der Waals surface area contributed by atoms with E-state index in [9.17, 15) is 9.90 Å². The zero-order valence-corrected chi connectivity index (χ0v) is 23.5. The highest BCUT2D eigenvalue weighted by Gasteiger charge is 2.41. The van der Waals surface area contributed by atoms with Gasteiger partial charge in [0.05, 0.1) is 22.9 Å². The van der Waals surface area contributed by atoms with Gasteiger partial charge in [-0.1, -0.05) is 11.6 Å². The number of rotatable bonds is 8. The average molecular weight is 563 g/mol. The second-order valence-electron chi connectivity index (χ2n) is 11.2. The number of likely N-dealkylation sites (tertiary alicyclic amines) is 1. The highest BCUT2D eigenvalue weighted by atomic mass is 35.5. The van der Waals surface area contributed by atoms with Crippen LogP contribution in [-0.2, 0) is 11.3 Å². The molecule has 1 amide bonds. The Hall–Kier alpha value is -3.76. The number of nitrogens with zero attached hydrogens (tertiary/aromatic N) is 6. The van der Waals surface area contributed by atoms with Crippen LogP contribution >= 0.6 is 11.6 Å². The van der Waals surface area contributed by atoms with E-state index in [0.717, 1.165) is 24.1 Å². The Balaban J connectivity index is 1.31. The van der Waals surface area contributed by atoms with Gasteiger partial charge in [-0.15, -0.1) is 0 Å². The highest BCUT2D eigenvalue weighted by Crippen LogP contribution is 2.41. The third kappa shape index (κ3) is 5.46. The predicted molar refractivity (Wildman–Crippen MR) is 149 cm³/mol. The number of hydrogen-bond acceptors (Lipinski definition) is 8. The number of imidazole rings is 1. The number of hydrogen-bond donors (Lipinski definition) is 1. The van der Waals surface area contributed by atoms with Gasteiger partial charge in [-0.2, -0.15) is 4.98 Å². The summed E-state index contributed by atoms with van der Waals surface area (Å²) >= 11 is 6.78. The number of ether oxygens (including phenoxy) is 2. The van der Waals surface area contributed by atoms with E-state index in [1.54, 1.807) is 30.2 Å². The second-order valence-corrected chi connectivity index (χ2v) is 11.6. The van der Waals surface area contributed by atoms with Gasteiger partial charge in [-0.25, -0.2) is 9.97 Å². The zero-order chi connectivity index (χ0) is 28.1. The molecule has 1 saturated heterocycles. The lowest BCUT2D eigenvalue weighted by atomic mass is 10.1. The molecule has 0 unspecified atom stereocenters. The Bertz CT molecular complexity index is 1600. The summed E-state index contributed by atoms with van der Waals surface area (Å²) in [5.41, 5.74) is 2.71. The van der Waals surface area contributed by atoms with Gasteiger partial charge in [-0.3, -0.25) is 9.78 Å². The van der Waals surface area contributed by atoms with Crippen molar-refractivity contribution in [3.63, 3.8) is 0 Å². The Morgan fingerprint density at radius 1 is 1.12 bits per heavy atom. The Morgan fingerprint density at radius 2 is 1.95 bits per heavy atom. The van der Waals surface area contributed by atoms with Crippen molar-refractivity contribution in [3.05, 3.63) is 59.1 Å². The third-order valence-electron chi connectivity index (χ3n) is 7.44. The first kappa shape index (κ1) is 26.5. The normalized spacial score (nSPS) is 19.7. The summed E-state index contributed by atoms with van der Waals surface area (Å²) < 4.78 is 13.9. The summed E-state index contributed by atoms with van der Waals surface area (Å²) in [6.07, 6.45) is 5.75. The maximum absolute atomic E-state index is 12.6. The number of fused-ring (bicyclic) bond motifs is 1. The second kappa shape index (κ2) is 10.0. The fourth-order valence-corrected chi connectivity index (χ4v) is 5.12. The number of β-amino-alcohol motifs (C(OH)–C–C–N with tert-alkyl or cyclic N) is 1. The summed E-state index contributed by atoms with van der Waals surface area (Å²) in [5, 5.41) is 10.6. The van der Waals surface area contributed by atoms with Gasteiger partial charge in [0.15, 0.2) is 17.8 Å². The predicted octanol–water partition coefficient (Wildman–Crippen LogP) is 4.19. The number of aliphatic hydroxyl groups is 1. The minimum Gasteiger partial charge on any atom is -0.484 e. The molecule has 1 N–H and O–H groups in total. The molecular weight excluding hydrogens is 532 g/mol. The maximum atomic E-state index is 12.6. The standard InChI is InChI=1S/C29H31ClN6O4/c1-18-6-10-31-19(12-18)14-36-25(34-24-26(36)32-17-33-27(24)40-29(3)7-8-29)21-5-4-20(13-22(21)30)39-15-23(37)35-11-9-28(2,38)16-35/h4-6,10,12-13,17,38H,7-9,11,14-16H2,1-3H3/t28-/m1/s1. The molecule has 1 atom stereocenters. The van der Waals surface area contributed by atoms with Crippen LogP contribution in [0.5, 0.6) is 11.6 Å². The Morgan fingerprint density at radius 3 is 2.65 bits per heavy atom. The monoisotopic (exact) mass is 562 g/mol. The van der Waals surface area contributed by atoms with Gasteiger partial charge in [0.1, 0.15) is 23.5 Å². The molecular formula is C29H31ClN6O4. The van der Waals surface area contributed by atoms with E-state index in [2.05, 4.69) is 21.9 Å². The SMILES string of the molecule is Cc1ccnc(Cn2c(-c3ccc(OCC(=O)N4CC[C@@](C)(O)C4)cc3Cl)nc3c(OC4(C)CC4)ncnc32)c1. The van der Waals surface area contributed by atoms with Crippen molar-refractivity contribution >= 4 is 28.7 Å². The number of amides is 1. The molecule has 1 aliphatic heterocycles. The van der Waals surface area contributed by atoms with Crippen LogP contribution in [0.1, 0.15) is 44.4 Å². The lowest BCUT2D eigenvalue weighted by Gasteiger charge is -2.19. The number of carbonyl (C=O) groups excluding carboxylic acids is 1. The van der Waals surface area contributed by atoms with Crippen molar-refractivity contribution in [2.24, 2.45) is 0 Å². The van der Waals surface area contributed by atoms with Crippen LogP contribution in [0.3, 0.4) is 0 Å². The fourth-order valence-electron chi connectivity index (χ4n) is 4.87. The molecule has 11 heteroatoms. The number of benzene rings is 1. The third-order valence-corrected chi connectivity index (χ3v) is 7.75. The molecule has 1 aliphatic carbocycles. The molecule has 1 saturated carbocycles. The Kier molecular flexibility index (Phi) is 6.62. The van der Waals surface area contributed by atoms with Gasteiger partial charge in [0.2, 0.25) is 5.88 Å². The first-order valence-electron chi connectivity index (χ1n) is 13.3. The first-order chi connectivity index (χ1) is 19.1. The largest absolute Gasteiger partial charge is 0.484 e. The van der Waals surface area contributed by atoms with Crippen LogP contribution in [0.15, 0.2) is 42.9 Å². The summed E-state index contributed by atoms with van der Waals surface area (Å²) in [5.74, 6) is 1.32. The molecule has 0 bridgehead atoms. The molecule has 4 aromatic rings. The van der Waals surface area contributed by atoms with Crippen LogP contribution in [0.2, 0.25) is 5.02 Å². The van der Waals surface area contributed by atoms with E-state index in [-0.39, 0.29) is 18.1 Å². The first-order valence-corrected chi connectivity index (χ1v) is 13.7. The van der Waals surface area contributed by atoms with E-state index in [1.165, 1.54) is 6.33 Å². The van der Waals surface area contributed by atoms with Gasteiger partial charge < -0.3 is 24.0 Å². The van der Waals surface area contributed by atoms with E-state index in [4.69, 9.17) is 26.1 Å². The van der Waals surface area contributed by atoms with E-state index < -0.39 is 5.60 Å². The number of carbonyl (C=O) groups is 1. The maximum Gasteiger partial charge on any atom is 0.260 e. The minimum atomic E-state index is -0.855. The molecule has 1 aromatic carbocycles. The van der Waals surface area contributed by atoms with Crippen molar-refractivity contribution in [2.45, 2.75) is 57.8 Å². The number of aryl methyl sites for hydroxylation is 1. The van der Waals surface area contributed by atoms with Crippen LogP contribution in [0.4, 0.5) is 0 Å². The summed E-state index contributed by atoms with van der Waals surface area (Å²) in [6, 6.07) is 9.23. The molecule has 4 heterocycles. The van der Waals surface area contributed by atoms with Crippen LogP contribution in [-0.4, -0.2) is 71.3 Å². The zero-order valence-electron chi connectivity index (χ0n) is 22.7. The lowest BCUT2D eigenvalue weighted by molar-refractivity contribution is -0.133. The number of pyridine rings is 1. The van der Waals surface area contributed by atoms with Gasteiger partial charge >= 0.3 is 0 Å². The quantitative estimate of drug-likeness (QED) is 0.340. The van der Waals surface area contributed by atoms with Gasteiger partial charge in [0, 0.05) is 24.8 Å². The van der Waals surface area contributed by atoms with Crippen molar-refractivity contribution in [1.29, 1.82) is 0 Å². The Labute approximate surface area is 237 Å². The van der Waals surface area contributed by atoms with E-state index >= 15 is 0 Å². The van der Waals surface area contributed by atoms with E-state index in [1.807, 2.05) is 29.7 Å². The van der Waals surface area contributed by atoms with E-state index in [0.29, 0.717) is 65.3 Å². The molecule has 6 rings (SSSR count). The number of halogens is 1. The van der Waals surface area contributed by atoms with Crippen molar-refractivity contribution < 1.29 is 19.4 Å². The summed E-state index contributed by atoms with van der Waals surface area (Å²) in [6.45, 7) is 6.90. The molecule has 40 heavy (non-hydrogen) atoms. The smallest absolute Gasteiger partial charge is 0.260 e. The minimum absolute atomic E-state index is 0.141.